The lowest BCUT2D eigenvalue weighted by Gasteiger charge is -2.03. The zero-order valence-electron chi connectivity index (χ0n) is 7.41. The second-order valence-electron chi connectivity index (χ2n) is 2.30. The molecule has 0 atom stereocenters. The van der Waals surface area contributed by atoms with Crippen molar-refractivity contribution in [3.63, 3.8) is 0 Å². The van der Waals surface area contributed by atoms with Crippen LogP contribution in [0.25, 0.3) is 0 Å². The summed E-state index contributed by atoms with van der Waals surface area (Å²) in [4.78, 5) is 21.1. The molecular weight excluding hydrogens is 176 g/mol. The number of hydrogen-bond donors (Lipinski definition) is 1. The number of ether oxygens (including phenoxy) is 2. The smallest absolute Gasteiger partial charge is 0.334 e. The highest BCUT2D eigenvalue weighted by molar-refractivity contribution is 5.92. The quantitative estimate of drug-likeness (QED) is 0.366. The molecule has 13 heavy (non-hydrogen) atoms. The Kier molecular flexibility index (Phi) is 5.54. The first kappa shape index (κ1) is 11.6. The normalized spacial score (nSPS) is 9.31. The minimum absolute atomic E-state index is 0.0661. The van der Waals surface area contributed by atoms with E-state index in [-0.39, 0.29) is 18.8 Å². The molecule has 5 heteroatoms. The molecule has 0 heterocycles. The van der Waals surface area contributed by atoms with Gasteiger partial charge in [0.2, 0.25) is 0 Å². The number of hydrogen-bond acceptors (Lipinski definition) is 4. The summed E-state index contributed by atoms with van der Waals surface area (Å²) in [6, 6.07) is 0. The van der Waals surface area contributed by atoms with E-state index in [1.54, 1.807) is 0 Å². The molecule has 1 N–H and O–H groups in total. The third kappa shape index (κ3) is 5.86. The van der Waals surface area contributed by atoms with Crippen LogP contribution in [0.1, 0.15) is 6.42 Å². The van der Waals surface area contributed by atoms with Gasteiger partial charge in [-0.15, -0.1) is 0 Å². The average molecular weight is 188 g/mol. The van der Waals surface area contributed by atoms with Crippen LogP contribution in [0.15, 0.2) is 12.2 Å². The van der Waals surface area contributed by atoms with E-state index in [0.29, 0.717) is 0 Å². The predicted molar refractivity (Wildman–Crippen MR) is 44.2 cm³/mol. The first-order chi connectivity index (χ1) is 6.07. The number of carboxylic acid groups (broad SMARTS) is 1. The summed E-state index contributed by atoms with van der Waals surface area (Å²) in [5.74, 6) is -1.80. The van der Waals surface area contributed by atoms with Gasteiger partial charge in [0.05, 0.1) is 13.0 Å². The van der Waals surface area contributed by atoms with E-state index in [1.807, 2.05) is 0 Å². The first-order valence-corrected chi connectivity index (χ1v) is 3.63. The summed E-state index contributed by atoms with van der Waals surface area (Å²) in [6.07, 6.45) is -0.397. The maximum Gasteiger partial charge on any atom is 0.334 e. The van der Waals surface area contributed by atoms with E-state index in [0.717, 1.165) is 0 Å². The van der Waals surface area contributed by atoms with Crippen molar-refractivity contribution < 1.29 is 24.2 Å². The van der Waals surface area contributed by atoms with Crippen LogP contribution < -0.4 is 0 Å². The fourth-order valence-electron chi connectivity index (χ4n) is 0.574. The van der Waals surface area contributed by atoms with Gasteiger partial charge in [-0.2, -0.15) is 0 Å². The molecule has 0 aromatic rings. The van der Waals surface area contributed by atoms with Crippen LogP contribution in [0.3, 0.4) is 0 Å². The molecule has 0 aliphatic rings. The molecule has 0 radical (unpaired) electrons. The van der Waals surface area contributed by atoms with Crippen molar-refractivity contribution in [2.24, 2.45) is 0 Å². The molecule has 0 aliphatic heterocycles. The van der Waals surface area contributed by atoms with Gasteiger partial charge in [-0.1, -0.05) is 6.58 Å². The Morgan fingerprint density at radius 1 is 1.38 bits per heavy atom. The Bertz CT molecular complexity index is 209. The Balaban J connectivity index is 3.70. The maximum absolute atomic E-state index is 10.9. The van der Waals surface area contributed by atoms with Crippen molar-refractivity contribution in [1.82, 2.24) is 0 Å². The van der Waals surface area contributed by atoms with Crippen molar-refractivity contribution in [2.75, 3.05) is 20.3 Å². The lowest BCUT2D eigenvalue weighted by molar-refractivity contribution is -0.143. The monoisotopic (exact) mass is 188 g/mol. The van der Waals surface area contributed by atoms with Crippen molar-refractivity contribution in [2.45, 2.75) is 6.42 Å². The summed E-state index contributed by atoms with van der Waals surface area (Å²) < 4.78 is 9.25. The van der Waals surface area contributed by atoms with E-state index < -0.39 is 18.4 Å². The lowest BCUT2D eigenvalue weighted by Crippen LogP contribution is -2.13. The van der Waals surface area contributed by atoms with Crippen LogP contribution in [-0.2, 0) is 19.1 Å². The zero-order valence-corrected chi connectivity index (χ0v) is 7.41. The lowest BCUT2D eigenvalue weighted by atomic mass is 10.2. The van der Waals surface area contributed by atoms with Gasteiger partial charge >= 0.3 is 11.9 Å². The van der Waals surface area contributed by atoms with Gasteiger partial charge in [0, 0.05) is 12.7 Å². The molecule has 74 valence electrons. The van der Waals surface area contributed by atoms with E-state index in [9.17, 15) is 9.59 Å². The second kappa shape index (κ2) is 6.19. The fourth-order valence-corrected chi connectivity index (χ4v) is 0.574. The molecule has 0 amide bonds. The highest BCUT2D eigenvalue weighted by atomic mass is 16.6. The molecule has 0 rings (SSSR count). The molecule has 0 saturated heterocycles. The predicted octanol–water partition coefficient (Wildman–Crippen LogP) is 0.207. The van der Waals surface area contributed by atoms with Crippen LogP contribution in [-0.4, -0.2) is 37.4 Å². The minimum atomic E-state index is -1.10. The molecule has 0 unspecified atom stereocenters. The van der Waals surface area contributed by atoms with Crippen LogP contribution in [0.2, 0.25) is 0 Å². The average Bonchev–Trinajstić information content (AvgIpc) is 2.03. The summed E-state index contributed by atoms with van der Waals surface area (Å²) in [7, 11) is 1.47. The highest BCUT2D eigenvalue weighted by Gasteiger charge is 2.11. The number of rotatable bonds is 6. The van der Waals surface area contributed by atoms with Crippen LogP contribution in [0, 0.1) is 0 Å². The molecule has 0 bridgehead atoms. The van der Waals surface area contributed by atoms with Gasteiger partial charge in [-0.05, 0) is 0 Å². The molecule has 0 aromatic carbocycles. The Hall–Kier alpha value is -1.36. The van der Waals surface area contributed by atoms with E-state index in [1.165, 1.54) is 7.11 Å². The summed E-state index contributed by atoms with van der Waals surface area (Å²) in [5, 5.41) is 8.31. The summed E-state index contributed by atoms with van der Waals surface area (Å²) in [5.41, 5.74) is -0.0661. The zero-order chi connectivity index (χ0) is 10.3. The summed E-state index contributed by atoms with van der Waals surface area (Å²) in [6.45, 7) is 3.67. The highest BCUT2D eigenvalue weighted by Crippen LogP contribution is 2.00. The largest absolute Gasteiger partial charge is 0.481 e. The fraction of sp³-hybridized carbons (Fsp3) is 0.500. The van der Waals surface area contributed by atoms with Crippen LogP contribution >= 0.6 is 0 Å². The van der Waals surface area contributed by atoms with Crippen molar-refractivity contribution >= 4 is 11.9 Å². The molecular formula is C8H12O5. The Labute approximate surface area is 75.9 Å². The van der Waals surface area contributed by atoms with Crippen molar-refractivity contribution in [3.05, 3.63) is 12.2 Å². The third-order valence-corrected chi connectivity index (χ3v) is 1.17. The van der Waals surface area contributed by atoms with Crippen molar-refractivity contribution in [3.8, 4) is 0 Å². The topological polar surface area (TPSA) is 72.8 Å². The minimum Gasteiger partial charge on any atom is -0.481 e. The molecule has 0 spiro atoms. The van der Waals surface area contributed by atoms with Crippen molar-refractivity contribution in [1.29, 1.82) is 0 Å². The van der Waals surface area contributed by atoms with Gasteiger partial charge in [0.15, 0.2) is 0 Å². The maximum atomic E-state index is 10.9. The molecule has 5 nitrogen and oxygen atoms in total. The first-order valence-electron chi connectivity index (χ1n) is 3.63. The van der Waals surface area contributed by atoms with Crippen LogP contribution in [0.5, 0.6) is 0 Å². The SMILES string of the molecule is C=C(CC(=O)O)C(=O)OCCOC. The van der Waals surface area contributed by atoms with E-state index >= 15 is 0 Å². The number of carbonyl (C=O) groups excluding carboxylic acids is 1. The van der Waals surface area contributed by atoms with Gasteiger partial charge < -0.3 is 14.6 Å². The van der Waals surface area contributed by atoms with Gasteiger partial charge in [-0.25, -0.2) is 4.79 Å². The number of aliphatic carboxylic acids is 1. The summed E-state index contributed by atoms with van der Waals surface area (Å²) >= 11 is 0. The number of esters is 1. The van der Waals surface area contributed by atoms with Gasteiger partial charge in [0.25, 0.3) is 0 Å². The molecule has 0 fully saturated rings. The molecule has 0 saturated carbocycles. The number of methoxy groups -OCH3 is 1. The second-order valence-corrected chi connectivity index (χ2v) is 2.30. The molecule has 0 aliphatic carbocycles. The van der Waals surface area contributed by atoms with Crippen LogP contribution in [0.4, 0.5) is 0 Å². The van der Waals surface area contributed by atoms with Gasteiger partial charge in [0.1, 0.15) is 6.61 Å². The standard InChI is InChI=1S/C8H12O5/c1-6(5-7(9)10)8(11)13-4-3-12-2/h1,3-5H2,2H3,(H,9,10). The van der Waals surface area contributed by atoms with E-state index in [2.05, 4.69) is 16.1 Å². The third-order valence-electron chi connectivity index (χ3n) is 1.17. The van der Waals surface area contributed by atoms with Gasteiger partial charge in [-0.3, -0.25) is 4.79 Å². The molecule has 0 aromatic heterocycles. The number of carbonyl (C=O) groups is 2. The van der Waals surface area contributed by atoms with E-state index in [4.69, 9.17) is 5.11 Å². The number of carboxylic acids is 1. The Morgan fingerprint density at radius 2 is 2.00 bits per heavy atom. The Morgan fingerprint density at radius 3 is 2.46 bits per heavy atom.